The third kappa shape index (κ3) is 11.1. The molecule has 9 aromatic heterocycles. The Labute approximate surface area is 460 Å². The van der Waals surface area contributed by atoms with Gasteiger partial charge in [-0.05, 0) is 152 Å². The summed E-state index contributed by atoms with van der Waals surface area (Å²) in [6.07, 6.45) is 19.2. The van der Waals surface area contributed by atoms with Crippen LogP contribution in [0.5, 0.6) is 0 Å². The number of anilines is 1. The highest BCUT2D eigenvalue weighted by atomic mass is 19.1. The van der Waals surface area contributed by atoms with E-state index in [4.69, 9.17) is 0 Å². The molecular weight excluding hydrogens is 1000 g/mol. The zero-order valence-electron chi connectivity index (χ0n) is 44.5. The van der Waals surface area contributed by atoms with Crippen molar-refractivity contribution < 1.29 is 8.78 Å². The number of nitrogens with one attached hydrogen (secondary N) is 5. The minimum absolute atomic E-state index is 0.271. The molecule has 13 rings (SSSR count). The second-order valence-electron chi connectivity index (χ2n) is 19.2. The van der Waals surface area contributed by atoms with Crippen molar-refractivity contribution >= 4 is 61.8 Å². The monoisotopic (exact) mass is 1060 g/mol. The third-order valence-corrected chi connectivity index (χ3v) is 14.0. The molecule has 15 heteroatoms. The fraction of sp³-hybridized carbons (Fsp3) is 0.123. The van der Waals surface area contributed by atoms with Crippen molar-refractivity contribution in [2.24, 2.45) is 0 Å². The summed E-state index contributed by atoms with van der Waals surface area (Å²) in [4.78, 5) is 32.2. The number of hydrogen-bond acceptors (Lipinski definition) is 9. The van der Waals surface area contributed by atoms with Crippen molar-refractivity contribution in [3.8, 4) is 56.5 Å². The molecule has 80 heavy (non-hydrogen) atoms. The van der Waals surface area contributed by atoms with Crippen LogP contribution in [0.3, 0.4) is 0 Å². The first-order valence-electron chi connectivity index (χ1n) is 26.6. The number of benzene rings is 3. The number of aromatic amines is 4. The quantitative estimate of drug-likeness (QED) is 0.0800. The van der Waals surface area contributed by atoms with Gasteiger partial charge in [-0.2, -0.15) is 10.2 Å². The smallest absolute Gasteiger partial charge is 0.123 e. The first kappa shape index (κ1) is 52.1. The van der Waals surface area contributed by atoms with Crippen LogP contribution in [0.15, 0.2) is 178 Å². The number of likely N-dealkylation sites (tertiary alicyclic amines) is 1. The lowest BCUT2D eigenvalue weighted by atomic mass is 10.0. The normalized spacial score (nSPS) is 12.9. The lowest BCUT2D eigenvalue weighted by Crippen LogP contribution is -2.23. The van der Waals surface area contributed by atoms with Crippen LogP contribution in [-0.4, -0.2) is 73.3 Å². The molecule has 0 saturated carbocycles. The van der Waals surface area contributed by atoms with Crippen molar-refractivity contribution in [2.45, 2.75) is 40.2 Å². The summed E-state index contributed by atoms with van der Waals surface area (Å²) in [6, 6.07) is 36.8. The van der Waals surface area contributed by atoms with Crippen LogP contribution in [-0.2, 0) is 6.54 Å². The lowest BCUT2D eigenvalue weighted by molar-refractivity contribution is 0.331. The van der Waals surface area contributed by atoms with E-state index in [1.54, 1.807) is 55.2 Å². The van der Waals surface area contributed by atoms with E-state index in [1.807, 2.05) is 99.9 Å². The standard InChI is InChI=1S/C32H22FN7.C31H29FN6.C2H6/c1-19(20-5-3-2-4-6-20)37-24-13-22(16-34-17-24)28-14-26-30(18-36-28)39-40-32(26)29-15-25-27(38-29)11-12-35-31(25)21-7-9-23(33)10-8-21;1-3-27-25(14-20(2)23-15-21(17-33-18-23)19-38-12-4-5-13-38)31(37-36-27)29-16-26-28(35-29)10-11-34-30(26)22-6-8-24(32)9-7-22;1-2/h2-18,37-38H,1H2,(H,39,40);3,6-11,14-18,35-36H,2,4-5,12-13,19H2,1H3;1-2H3/b;25-14+,27-3+;. The fourth-order valence-electron chi connectivity index (χ4n) is 9.99. The number of halogens is 2. The topological polar surface area (TPSA) is 169 Å². The molecule has 1 fully saturated rings. The molecule has 1 saturated heterocycles. The van der Waals surface area contributed by atoms with Gasteiger partial charge in [0.25, 0.3) is 0 Å². The van der Waals surface area contributed by atoms with E-state index in [2.05, 4.69) is 96.9 Å². The molecule has 1 aliphatic rings. The van der Waals surface area contributed by atoms with Crippen molar-refractivity contribution in [3.63, 3.8) is 0 Å². The second kappa shape index (κ2) is 23.3. The van der Waals surface area contributed by atoms with Gasteiger partial charge in [-0.3, -0.25) is 40.0 Å². The second-order valence-corrected chi connectivity index (χ2v) is 19.2. The van der Waals surface area contributed by atoms with Crippen LogP contribution < -0.4 is 15.9 Å². The molecule has 0 spiro atoms. The van der Waals surface area contributed by atoms with Crippen LogP contribution in [0, 0.1) is 11.6 Å². The van der Waals surface area contributed by atoms with Gasteiger partial charge in [0.2, 0.25) is 0 Å². The number of H-pyrrole nitrogens is 4. The summed E-state index contributed by atoms with van der Waals surface area (Å²) in [6.45, 7) is 17.7. The van der Waals surface area contributed by atoms with Gasteiger partial charge in [-0.1, -0.05) is 63.4 Å². The van der Waals surface area contributed by atoms with Gasteiger partial charge in [0, 0.05) is 92.3 Å². The van der Waals surface area contributed by atoms with Gasteiger partial charge >= 0.3 is 0 Å². The number of rotatable bonds is 12. The zero-order valence-corrected chi connectivity index (χ0v) is 44.5. The van der Waals surface area contributed by atoms with Gasteiger partial charge < -0.3 is 15.3 Å². The molecule has 12 aromatic rings. The summed E-state index contributed by atoms with van der Waals surface area (Å²) in [5.41, 5.74) is 16.5. The number of aromatic nitrogens is 11. The number of nitrogens with zero attached hydrogens (tertiary/aromatic N) is 8. The summed E-state index contributed by atoms with van der Waals surface area (Å²) < 4.78 is 27.0. The molecule has 0 radical (unpaired) electrons. The maximum atomic E-state index is 13.5. The molecule has 0 atom stereocenters. The number of pyridine rings is 5. The van der Waals surface area contributed by atoms with E-state index in [9.17, 15) is 8.78 Å². The Morgan fingerprint density at radius 1 is 0.600 bits per heavy atom. The number of allylic oxidation sites excluding steroid dienone is 1. The van der Waals surface area contributed by atoms with Crippen LogP contribution in [0.4, 0.5) is 14.5 Å². The minimum atomic E-state index is -0.282. The van der Waals surface area contributed by atoms with Gasteiger partial charge in [-0.25, -0.2) is 8.78 Å². The Morgan fingerprint density at radius 2 is 1.21 bits per heavy atom. The highest BCUT2D eigenvalue weighted by molar-refractivity contribution is 6.01. The van der Waals surface area contributed by atoms with Crippen LogP contribution in [0.25, 0.3) is 113 Å². The van der Waals surface area contributed by atoms with Crippen molar-refractivity contribution in [1.29, 1.82) is 0 Å². The molecule has 1 aliphatic heterocycles. The van der Waals surface area contributed by atoms with Crippen LogP contribution in [0.2, 0.25) is 0 Å². The Balaban J connectivity index is 0.000000164. The van der Waals surface area contributed by atoms with Gasteiger partial charge in [0.15, 0.2) is 0 Å². The van der Waals surface area contributed by atoms with E-state index in [1.165, 1.54) is 42.7 Å². The number of fused-ring (bicyclic) bond motifs is 3. The molecule has 396 valence electrons. The maximum absolute atomic E-state index is 13.5. The third-order valence-electron chi connectivity index (χ3n) is 14.0. The largest absolute Gasteiger partial charge is 0.354 e. The van der Waals surface area contributed by atoms with E-state index in [0.29, 0.717) is 0 Å². The van der Waals surface area contributed by atoms with E-state index in [-0.39, 0.29) is 11.6 Å². The molecule has 0 amide bonds. The summed E-state index contributed by atoms with van der Waals surface area (Å²) >= 11 is 0. The van der Waals surface area contributed by atoms with Crippen LogP contribution in [0.1, 0.15) is 50.3 Å². The average Bonchev–Trinajstić information content (AvgIpc) is 4.39. The van der Waals surface area contributed by atoms with Crippen molar-refractivity contribution in [2.75, 3.05) is 18.4 Å². The summed E-state index contributed by atoms with van der Waals surface area (Å²) in [5.74, 6) is -0.552. The minimum Gasteiger partial charge on any atom is -0.354 e. The van der Waals surface area contributed by atoms with Crippen LogP contribution >= 0.6 is 0 Å². The van der Waals surface area contributed by atoms with E-state index >= 15 is 0 Å². The Kier molecular flexibility index (Phi) is 15.2. The molecule has 0 aliphatic carbocycles. The van der Waals surface area contributed by atoms with Crippen molar-refractivity contribution in [1.82, 2.24) is 60.2 Å². The molecule has 3 aromatic carbocycles. The first-order valence-corrected chi connectivity index (χ1v) is 26.6. The fourth-order valence-corrected chi connectivity index (χ4v) is 9.99. The molecular formula is C65H57F2N13. The maximum Gasteiger partial charge on any atom is 0.123 e. The first-order chi connectivity index (χ1) is 39.2. The molecule has 13 nitrogen and oxygen atoms in total. The average molecular weight is 1060 g/mol. The summed E-state index contributed by atoms with van der Waals surface area (Å²) in [7, 11) is 0. The lowest BCUT2D eigenvalue weighted by Gasteiger charge is -2.14. The molecule has 5 N–H and O–H groups in total. The Morgan fingerprint density at radius 3 is 1.86 bits per heavy atom. The van der Waals surface area contributed by atoms with Gasteiger partial charge in [0.1, 0.15) is 23.0 Å². The predicted octanol–water partition coefficient (Wildman–Crippen LogP) is 13.5. The molecule has 10 heterocycles. The van der Waals surface area contributed by atoms with Gasteiger partial charge in [-0.15, -0.1) is 0 Å². The van der Waals surface area contributed by atoms with E-state index < -0.39 is 0 Å². The SMILES string of the molecule is C=C(/C=c1/c(-c2cc3c(-c4ccc(F)cc4)nccc3[nH]2)n[nH]/c1=C/C)c1cncc(CN2CCCC2)c1.C=C(Nc1cncc(-c2cc3c(-c4cc5c(-c6ccc(F)cc6)nccc5[nH]4)n[nH]c3cn2)c1)c1ccccc1.CC. The number of hydrogen-bond donors (Lipinski definition) is 5. The highest BCUT2D eigenvalue weighted by Gasteiger charge is 2.18. The molecule has 0 bridgehead atoms. The highest BCUT2D eigenvalue weighted by Crippen LogP contribution is 2.35. The Bertz CT molecular complexity index is 4300. The Hall–Kier alpha value is -9.99. The summed E-state index contributed by atoms with van der Waals surface area (Å²) in [5, 5.41) is 23.5. The predicted molar refractivity (Wildman–Crippen MR) is 319 cm³/mol. The van der Waals surface area contributed by atoms with Crippen molar-refractivity contribution in [3.05, 3.63) is 217 Å². The molecule has 0 unspecified atom stereocenters. The van der Waals surface area contributed by atoms with E-state index in [0.717, 1.165) is 148 Å². The van der Waals surface area contributed by atoms with Gasteiger partial charge in [0.05, 0.1) is 57.4 Å². The zero-order chi connectivity index (χ0) is 55.1.